The molecule has 1 heterocycles. The number of nitrogens with zero attached hydrogens (tertiary/aromatic N) is 2. The van der Waals surface area contributed by atoms with Crippen molar-refractivity contribution in [3.63, 3.8) is 0 Å². The Kier molecular flexibility index (Phi) is 8.45. The number of aromatic nitrogens is 1. The zero-order chi connectivity index (χ0) is 15.1. The van der Waals surface area contributed by atoms with Crippen molar-refractivity contribution in [2.45, 2.75) is 38.6 Å². The number of halogens is 1. The van der Waals surface area contributed by atoms with Gasteiger partial charge in [-0.05, 0) is 30.4 Å². The Morgan fingerprint density at radius 1 is 1.36 bits per heavy atom. The average Bonchev–Trinajstić information content (AvgIpc) is 3.00. The van der Waals surface area contributed by atoms with Crippen LogP contribution in [0, 0.1) is 5.92 Å². The van der Waals surface area contributed by atoms with E-state index in [9.17, 15) is 0 Å². The van der Waals surface area contributed by atoms with Gasteiger partial charge in [-0.1, -0.05) is 32.1 Å². The molecule has 22 heavy (non-hydrogen) atoms. The molecule has 4 nitrogen and oxygen atoms in total. The maximum absolute atomic E-state index is 4.33. The zero-order valence-corrected chi connectivity index (χ0v) is 16.0. The minimum Gasteiger partial charge on any atom is -0.356 e. The minimum absolute atomic E-state index is 0. The van der Waals surface area contributed by atoms with E-state index in [-0.39, 0.29) is 24.0 Å². The van der Waals surface area contributed by atoms with Crippen LogP contribution in [0.15, 0.2) is 41.7 Å². The maximum Gasteiger partial charge on any atom is 0.191 e. The van der Waals surface area contributed by atoms with Crippen LogP contribution in [0.3, 0.4) is 0 Å². The van der Waals surface area contributed by atoms with E-state index < -0.39 is 0 Å². The van der Waals surface area contributed by atoms with Crippen LogP contribution in [0.1, 0.15) is 38.2 Å². The zero-order valence-electron chi connectivity index (χ0n) is 13.6. The van der Waals surface area contributed by atoms with Gasteiger partial charge in [0.1, 0.15) is 0 Å². The Morgan fingerprint density at radius 2 is 2.09 bits per heavy atom. The van der Waals surface area contributed by atoms with Crippen molar-refractivity contribution in [3.05, 3.63) is 42.2 Å². The number of pyridine rings is 1. The smallest absolute Gasteiger partial charge is 0.191 e. The third-order valence-corrected chi connectivity index (χ3v) is 3.98. The second-order valence-electron chi connectivity index (χ2n) is 5.87. The molecule has 1 aromatic heterocycles. The molecule has 0 aromatic carbocycles. The molecule has 1 unspecified atom stereocenters. The standard InChI is InChI=1S/C17H26N4.HI/c1-13(2)16(14-7-6-10-19-11-14)12-20-17(18-3)21-15-8-4-5-9-15;/h4-7,10-11,13,15-16H,8-9,12H2,1-3H3,(H2,18,20,21);1H. The van der Waals surface area contributed by atoms with Crippen molar-refractivity contribution in [2.75, 3.05) is 13.6 Å². The normalized spacial score (nSPS) is 16.5. The lowest BCUT2D eigenvalue weighted by Gasteiger charge is -2.24. The fraction of sp³-hybridized carbons (Fsp3) is 0.529. The highest BCUT2D eigenvalue weighted by molar-refractivity contribution is 14.0. The Balaban J connectivity index is 0.00000242. The van der Waals surface area contributed by atoms with Crippen molar-refractivity contribution in [1.29, 1.82) is 0 Å². The van der Waals surface area contributed by atoms with Gasteiger partial charge in [0, 0.05) is 37.9 Å². The molecule has 2 N–H and O–H groups in total. The first-order valence-electron chi connectivity index (χ1n) is 7.72. The lowest BCUT2D eigenvalue weighted by molar-refractivity contribution is 0.484. The molecule has 0 saturated carbocycles. The third kappa shape index (κ3) is 5.59. The van der Waals surface area contributed by atoms with Crippen LogP contribution in [0.5, 0.6) is 0 Å². The summed E-state index contributed by atoms with van der Waals surface area (Å²) in [6.45, 7) is 5.36. The summed E-state index contributed by atoms with van der Waals surface area (Å²) < 4.78 is 0. The van der Waals surface area contributed by atoms with Crippen LogP contribution in [0.25, 0.3) is 0 Å². The van der Waals surface area contributed by atoms with Gasteiger partial charge in [-0.2, -0.15) is 0 Å². The highest BCUT2D eigenvalue weighted by atomic mass is 127. The molecule has 1 aromatic rings. The van der Waals surface area contributed by atoms with Gasteiger partial charge >= 0.3 is 0 Å². The average molecular weight is 414 g/mol. The first-order valence-corrected chi connectivity index (χ1v) is 7.72. The second-order valence-corrected chi connectivity index (χ2v) is 5.87. The molecule has 122 valence electrons. The van der Waals surface area contributed by atoms with E-state index in [0.29, 0.717) is 17.9 Å². The summed E-state index contributed by atoms with van der Waals surface area (Å²) in [7, 11) is 1.83. The Hall–Kier alpha value is -1.11. The molecule has 0 spiro atoms. The van der Waals surface area contributed by atoms with Gasteiger partial charge in [0.15, 0.2) is 5.96 Å². The lowest BCUT2D eigenvalue weighted by Crippen LogP contribution is -2.44. The van der Waals surface area contributed by atoms with Gasteiger partial charge in [-0.25, -0.2) is 0 Å². The molecule has 1 aliphatic carbocycles. The van der Waals surface area contributed by atoms with Crippen LogP contribution >= 0.6 is 24.0 Å². The quantitative estimate of drug-likeness (QED) is 0.336. The Morgan fingerprint density at radius 3 is 2.64 bits per heavy atom. The number of hydrogen-bond acceptors (Lipinski definition) is 2. The molecule has 0 fully saturated rings. The van der Waals surface area contributed by atoms with Crippen LogP contribution in [0.4, 0.5) is 0 Å². The van der Waals surface area contributed by atoms with Crippen molar-refractivity contribution in [2.24, 2.45) is 10.9 Å². The summed E-state index contributed by atoms with van der Waals surface area (Å²) in [6, 6.07) is 4.63. The molecule has 0 bridgehead atoms. The van der Waals surface area contributed by atoms with Gasteiger partial charge in [-0.15, -0.1) is 24.0 Å². The van der Waals surface area contributed by atoms with Crippen molar-refractivity contribution < 1.29 is 0 Å². The molecule has 1 atom stereocenters. The molecule has 5 heteroatoms. The van der Waals surface area contributed by atoms with E-state index in [1.54, 1.807) is 0 Å². The number of nitrogens with one attached hydrogen (secondary N) is 2. The second kappa shape index (κ2) is 9.82. The summed E-state index contributed by atoms with van der Waals surface area (Å²) in [4.78, 5) is 8.56. The Labute approximate surface area is 150 Å². The predicted octanol–water partition coefficient (Wildman–Crippen LogP) is 3.32. The topological polar surface area (TPSA) is 49.3 Å². The monoisotopic (exact) mass is 414 g/mol. The van der Waals surface area contributed by atoms with Gasteiger partial charge in [0.05, 0.1) is 0 Å². The summed E-state index contributed by atoms with van der Waals surface area (Å²) in [5.41, 5.74) is 1.28. The van der Waals surface area contributed by atoms with E-state index in [2.05, 4.69) is 52.7 Å². The predicted molar refractivity (Wildman–Crippen MR) is 104 cm³/mol. The largest absolute Gasteiger partial charge is 0.356 e. The number of guanidine groups is 1. The van der Waals surface area contributed by atoms with Crippen LogP contribution in [-0.2, 0) is 0 Å². The van der Waals surface area contributed by atoms with Crippen LogP contribution in [-0.4, -0.2) is 30.6 Å². The lowest BCUT2D eigenvalue weighted by atomic mass is 9.89. The molecule has 0 aliphatic heterocycles. The number of hydrogen-bond donors (Lipinski definition) is 2. The fourth-order valence-corrected chi connectivity index (χ4v) is 2.66. The summed E-state index contributed by atoms with van der Waals surface area (Å²) in [6.07, 6.45) is 10.4. The van der Waals surface area contributed by atoms with Gasteiger partial charge in [0.2, 0.25) is 0 Å². The summed E-state index contributed by atoms with van der Waals surface area (Å²) in [5.74, 6) is 1.87. The molecule has 0 saturated heterocycles. The highest BCUT2D eigenvalue weighted by Gasteiger charge is 2.17. The highest BCUT2D eigenvalue weighted by Crippen LogP contribution is 2.22. The Bertz CT molecular complexity index is 477. The maximum atomic E-state index is 4.33. The molecule has 0 amide bonds. The molecule has 2 rings (SSSR count). The van der Waals surface area contributed by atoms with E-state index in [1.165, 1.54) is 5.56 Å². The van der Waals surface area contributed by atoms with E-state index in [0.717, 1.165) is 25.3 Å². The first-order chi connectivity index (χ1) is 10.2. The molecular formula is C17H27IN4. The van der Waals surface area contributed by atoms with E-state index in [4.69, 9.17) is 0 Å². The van der Waals surface area contributed by atoms with Crippen LogP contribution < -0.4 is 10.6 Å². The molecule has 0 radical (unpaired) electrons. The third-order valence-electron chi connectivity index (χ3n) is 3.98. The number of aliphatic imine (C=N–C) groups is 1. The SMILES string of the molecule is CN=C(NCC(c1cccnc1)C(C)C)NC1CC=CC1.I. The van der Waals surface area contributed by atoms with Gasteiger partial charge in [-0.3, -0.25) is 9.98 Å². The first kappa shape index (κ1) is 18.9. The van der Waals surface area contributed by atoms with Gasteiger partial charge < -0.3 is 10.6 Å². The van der Waals surface area contributed by atoms with Crippen molar-refractivity contribution >= 4 is 29.9 Å². The van der Waals surface area contributed by atoms with Gasteiger partial charge in [0.25, 0.3) is 0 Å². The van der Waals surface area contributed by atoms with E-state index in [1.807, 2.05) is 25.5 Å². The van der Waals surface area contributed by atoms with Crippen molar-refractivity contribution in [1.82, 2.24) is 15.6 Å². The van der Waals surface area contributed by atoms with E-state index >= 15 is 0 Å². The summed E-state index contributed by atoms with van der Waals surface area (Å²) in [5, 5.41) is 6.93. The molecular weight excluding hydrogens is 387 g/mol. The fourth-order valence-electron chi connectivity index (χ4n) is 2.66. The summed E-state index contributed by atoms with van der Waals surface area (Å²) >= 11 is 0. The number of rotatable bonds is 5. The van der Waals surface area contributed by atoms with Crippen LogP contribution in [0.2, 0.25) is 0 Å². The minimum atomic E-state index is 0. The molecule has 1 aliphatic rings. The van der Waals surface area contributed by atoms with Crippen molar-refractivity contribution in [3.8, 4) is 0 Å².